The van der Waals surface area contributed by atoms with Crippen LogP contribution in [0.25, 0.3) is 0 Å². The van der Waals surface area contributed by atoms with Crippen molar-refractivity contribution in [2.24, 2.45) is 5.92 Å². The largest absolute Gasteiger partial charge is 0.478 e. The van der Waals surface area contributed by atoms with E-state index in [9.17, 15) is 13.2 Å². The summed E-state index contributed by atoms with van der Waals surface area (Å²) in [5.41, 5.74) is -0.00330. The molecule has 0 spiro atoms. The smallest absolute Gasteiger partial charge is 0.336 e. The molecule has 2 N–H and O–H groups in total. The zero-order chi connectivity index (χ0) is 13.9. The number of rotatable bonds is 5. The van der Waals surface area contributed by atoms with Gasteiger partial charge in [-0.05, 0) is 24.8 Å². The first kappa shape index (κ1) is 14.4. The van der Waals surface area contributed by atoms with Gasteiger partial charge in [0.1, 0.15) is 4.21 Å². The predicted octanol–water partition coefficient (Wildman–Crippen LogP) is 1.15. The molecular weight excluding hydrogens is 290 g/mol. The molecular formula is C11H15NO5S2. The van der Waals surface area contributed by atoms with Crippen molar-refractivity contribution in [3.8, 4) is 0 Å². The Morgan fingerprint density at radius 2 is 2.16 bits per heavy atom. The van der Waals surface area contributed by atoms with E-state index < -0.39 is 16.0 Å². The fourth-order valence-corrected chi connectivity index (χ4v) is 4.13. The summed E-state index contributed by atoms with van der Waals surface area (Å²) in [6.07, 6.45) is 1.68. The summed E-state index contributed by atoms with van der Waals surface area (Å²) in [5.74, 6) is -0.843. The highest BCUT2D eigenvalue weighted by Crippen LogP contribution is 2.21. The van der Waals surface area contributed by atoms with Crippen molar-refractivity contribution < 1.29 is 23.1 Å². The van der Waals surface area contributed by atoms with Crippen molar-refractivity contribution in [2.75, 3.05) is 19.8 Å². The van der Waals surface area contributed by atoms with E-state index in [0.717, 1.165) is 24.2 Å². The van der Waals surface area contributed by atoms with Crippen LogP contribution in [0.1, 0.15) is 23.2 Å². The maximum Gasteiger partial charge on any atom is 0.336 e. The molecule has 0 amide bonds. The Kier molecular flexibility index (Phi) is 4.56. The summed E-state index contributed by atoms with van der Waals surface area (Å²) in [7, 11) is -3.61. The van der Waals surface area contributed by atoms with Crippen LogP contribution in [-0.4, -0.2) is 39.3 Å². The molecule has 1 aliphatic rings. The number of ether oxygens (including phenoxy) is 1. The molecule has 0 aliphatic carbocycles. The summed E-state index contributed by atoms with van der Waals surface area (Å²) in [5, 5.41) is 10.1. The van der Waals surface area contributed by atoms with Crippen LogP contribution in [0, 0.1) is 5.92 Å². The maximum atomic E-state index is 12.0. The fraction of sp³-hybridized carbons (Fsp3) is 0.545. The van der Waals surface area contributed by atoms with E-state index in [1.807, 2.05) is 0 Å². The van der Waals surface area contributed by atoms with Gasteiger partial charge >= 0.3 is 5.97 Å². The van der Waals surface area contributed by atoms with E-state index in [1.54, 1.807) is 0 Å². The Labute approximate surface area is 115 Å². The van der Waals surface area contributed by atoms with E-state index >= 15 is 0 Å². The third kappa shape index (κ3) is 3.75. The summed E-state index contributed by atoms with van der Waals surface area (Å²) < 4.78 is 31.7. The first-order valence-electron chi connectivity index (χ1n) is 5.88. The molecule has 0 radical (unpaired) electrons. The molecule has 6 nitrogen and oxygen atoms in total. The minimum absolute atomic E-state index is 0.00330. The van der Waals surface area contributed by atoms with E-state index in [4.69, 9.17) is 9.84 Å². The van der Waals surface area contributed by atoms with Gasteiger partial charge in [0, 0.05) is 25.1 Å². The molecule has 1 saturated heterocycles. The van der Waals surface area contributed by atoms with E-state index in [-0.39, 0.29) is 15.7 Å². The highest BCUT2D eigenvalue weighted by Gasteiger charge is 2.21. The van der Waals surface area contributed by atoms with Gasteiger partial charge in [-0.1, -0.05) is 0 Å². The van der Waals surface area contributed by atoms with Gasteiger partial charge in [-0.3, -0.25) is 0 Å². The monoisotopic (exact) mass is 305 g/mol. The van der Waals surface area contributed by atoms with Gasteiger partial charge in [0.2, 0.25) is 10.0 Å². The minimum atomic E-state index is -3.61. The molecule has 0 bridgehead atoms. The first-order chi connectivity index (χ1) is 8.99. The van der Waals surface area contributed by atoms with Crippen LogP contribution >= 0.6 is 11.3 Å². The van der Waals surface area contributed by atoms with Gasteiger partial charge in [-0.25, -0.2) is 17.9 Å². The number of hydrogen-bond acceptors (Lipinski definition) is 5. The van der Waals surface area contributed by atoms with Gasteiger partial charge in [0.25, 0.3) is 0 Å². The third-order valence-electron chi connectivity index (χ3n) is 2.99. The summed E-state index contributed by atoms with van der Waals surface area (Å²) in [4.78, 5) is 10.7. The minimum Gasteiger partial charge on any atom is -0.478 e. The maximum absolute atomic E-state index is 12.0. The Balaban J connectivity index is 1.98. The van der Waals surface area contributed by atoms with Crippen LogP contribution in [0.2, 0.25) is 0 Å². The van der Waals surface area contributed by atoms with Crippen LogP contribution in [0.5, 0.6) is 0 Å². The van der Waals surface area contributed by atoms with Crippen molar-refractivity contribution in [3.05, 3.63) is 17.0 Å². The number of carbonyl (C=O) groups is 1. The van der Waals surface area contributed by atoms with Crippen LogP contribution in [0.15, 0.2) is 15.7 Å². The molecule has 1 aromatic heterocycles. The van der Waals surface area contributed by atoms with Crippen LogP contribution in [0.4, 0.5) is 0 Å². The molecule has 1 aliphatic heterocycles. The Bertz CT molecular complexity index is 545. The van der Waals surface area contributed by atoms with Crippen LogP contribution in [-0.2, 0) is 14.8 Å². The average Bonchev–Trinajstić information content (AvgIpc) is 2.88. The van der Waals surface area contributed by atoms with Crippen molar-refractivity contribution in [1.82, 2.24) is 4.72 Å². The molecule has 2 heterocycles. The van der Waals surface area contributed by atoms with Crippen molar-refractivity contribution >= 4 is 27.3 Å². The number of nitrogens with one attached hydrogen (secondary N) is 1. The molecule has 1 aromatic rings. The number of thiophene rings is 1. The lowest BCUT2D eigenvalue weighted by molar-refractivity contribution is 0.0677. The SMILES string of the molecule is O=C(O)c1csc(S(=O)(=O)NCC2CCOCC2)c1. The highest BCUT2D eigenvalue weighted by atomic mass is 32.2. The predicted molar refractivity (Wildman–Crippen MR) is 70.0 cm³/mol. The molecule has 0 saturated carbocycles. The van der Waals surface area contributed by atoms with Gasteiger partial charge in [0.15, 0.2) is 0 Å². The molecule has 0 unspecified atom stereocenters. The fourth-order valence-electron chi connectivity index (χ4n) is 1.82. The first-order valence-corrected chi connectivity index (χ1v) is 8.24. The van der Waals surface area contributed by atoms with Gasteiger partial charge in [-0.15, -0.1) is 11.3 Å². The molecule has 1 fully saturated rings. The normalized spacial score (nSPS) is 17.5. The Hall–Kier alpha value is -0.960. The second-order valence-electron chi connectivity index (χ2n) is 4.37. The molecule has 0 atom stereocenters. The number of carboxylic acid groups (broad SMARTS) is 1. The average molecular weight is 305 g/mol. The second-order valence-corrected chi connectivity index (χ2v) is 7.27. The van der Waals surface area contributed by atoms with Gasteiger partial charge < -0.3 is 9.84 Å². The summed E-state index contributed by atoms with van der Waals surface area (Å²) >= 11 is 0.915. The topological polar surface area (TPSA) is 92.7 Å². The van der Waals surface area contributed by atoms with E-state index in [1.165, 1.54) is 11.4 Å². The number of sulfonamides is 1. The summed E-state index contributed by atoms with van der Waals surface area (Å²) in [6, 6.07) is 1.18. The van der Waals surface area contributed by atoms with Crippen molar-refractivity contribution in [1.29, 1.82) is 0 Å². The summed E-state index contributed by atoms with van der Waals surface area (Å²) in [6.45, 7) is 1.69. The lowest BCUT2D eigenvalue weighted by atomic mass is 10.0. The highest BCUT2D eigenvalue weighted by molar-refractivity contribution is 7.91. The Morgan fingerprint density at radius 1 is 1.47 bits per heavy atom. The van der Waals surface area contributed by atoms with Gasteiger partial charge in [-0.2, -0.15) is 0 Å². The van der Waals surface area contributed by atoms with Crippen molar-refractivity contribution in [3.63, 3.8) is 0 Å². The second kappa shape index (κ2) is 6.00. The van der Waals surface area contributed by atoms with E-state index in [2.05, 4.69) is 4.72 Å². The van der Waals surface area contributed by atoms with Gasteiger partial charge in [0.05, 0.1) is 5.56 Å². The third-order valence-corrected chi connectivity index (χ3v) is 5.85. The van der Waals surface area contributed by atoms with Crippen LogP contribution < -0.4 is 4.72 Å². The molecule has 0 aromatic carbocycles. The van der Waals surface area contributed by atoms with E-state index in [0.29, 0.717) is 19.8 Å². The number of aromatic carboxylic acids is 1. The lowest BCUT2D eigenvalue weighted by Gasteiger charge is -2.21. The Morgan fingerprint density at radius 3 is 2.74 bits per heavy atom. The van der Waals surface area contributed by atoms with Crippen LogP contribution in [0.3, 0.4) is 0 Å². The zero-order valence-corrected chi connectivity index (χ0v) is 11.8. The molecule has 2 rings (SSSR count). The molecule has 19 heavy (non-hydrogen) atoms. The quantitative estimate of drug-likeness (QED) is 0.851. The number of carboxylic acids is 1. The standard InChI is InChI=1S/C11H15NO5S2/c13-11(14)9-5-10(18-7-9)19(15,16)12-6-8-1-3-17-4-2-8/h5,7-8,12H,1-4,6H2,(H,13,14). The lowest BCUT2D eigenvalue weighted by Crippen LogP contribution is -2.31. The number of hydrogen-bond donors (Lipinski definition) is 2. The van der Waals surface area contributed by atoms with Crippen molar-refractivity contribution in [2.45, 2.75) is 17.1 Å². The molecule has 106 valence electrons. The zero-order valence-electron chi connectivity index (χ0n) is 10.2. The molecule has 8 heteroatoms.